The first-order valence-corrected chi connectivity index (χ1v) is 11.2. The molecule has 4 aromatic rings. The first-order chi connectivity index (χ1) is 16.9. The van der Waals surface area contributed by atoms with Crippen LogP contribution in [-0.4, -0.2) is 42.4 Å². The predicted molar refractivity (Wildman–Crippen MR) is 127 cm³/mol. The number of carbonyl (C=O) groups is 3. The predicted octanol–water partition coefficient (Wildman–Crippen LogP) is 4.11. The van der Waals surface area contributed by atoms with Crippen LogP contribution in [0.4, 0.5) is 5.69 Å². The van der Waals surface area contributed by atoms with Gasteiger partial charge in [0.2, 0.25) is 5.91 Å². The lowest BCUT2D eigenvalue weighted by Gasteiger charge is -2.18. The molecule has 9 nitrogen and oxygen atoms in total. The zero-order valence-corrected chi connectivity index (χ0v) is 19.3. The fraction of sp³-hybridized carbons (Fsp3) is 0.269. The largest absolute Gasteiger partial charge is 0.495 e. The van der Waals surface area contributed by atoms with Crippen LogP contribution in [-0.2, 0) is 25.7 Å². The summed E-state index contributed by atoms with van der Waals surface area (Å²) >= 11 is 0. The molecule has 0 aliphatic carbocycles. The number of benzene rings is 2. The fourth-order valence-electron chi connectivity index (χ4n) is 4.25. The maximum Gasteiger partial charge on any atom is 0.312 e. The van der Waals surface area contributed by atoms with Crippen LogP contribution in [0.15, 0.2) is 63.6 Å². The molecular formula is C26H24N2O7. The van der Waals surface area contributed by atoms with Crippen LogP contribution in [0.25, 0.3) is 21.9 Å². The number of nitrogens with one attached hydrogen (secondary N) is 1. The number of anilines is 1. The standard InChI is InChI=1S/C26H24N2O7/c1-15(34-26(31)16-10-24(29)28(13-16)14-17-6-5-9-33-17)25(30)27-20-12-22-19(11-23(20)32-2)18-7-3-4-8-21(18)35-22/h3-9,11-12,15-16H,10,13-14H2,1-2H3,(H,27,30)/t15-,16+/m0/s1. The van der Waals surface area contributed by atoms with Crippen molar-refractivity contribution < 1.29 is 32.7 Å². The highest BCUT2D eigenvalue weighted by molar-refractivity contribution is 6.08. The Morgan fingerprint density at radius 2 is 1.97 bits per heavy atom. The summed E-state index contributed by atoms with van der Waals surface area (Å²) in [5.41, 5.74) is 1.71. The topological polar surface area (TPSA) is 111 Å². The van der Waals surface area contributed by atoms with Crippen molar-refractivity contribution in [2.45, 2.75) is 26.0 Å². The van der Waals surface area contributed by atoms with Crippen molar-refractivity contribution in [2.75, 3.05) is 19.0 Å². The lowest BCUT2D eigenvalue weighted by atomic mass is 10.1. The van der Waals surface area contributed by atoms with Crippen LogP contribution in [0.2, 0.25) is 0 Å². The van der Waals surface area contributed by atoms with Gasteiger partial charge in [-0.1, -0.05) is 18.2 Å². The van der Waals surface area contributed by atoms with Crippen LogP contribution in [0, 0.1) is 5.92 Å². The van der Waals surface area contributed by atoms with Crippen molar-refractivity contribution in [3.05, 3.63) is 60.6 Å². The zero-order chi connectivity index (χ0) is 24.5. The van der Waals surface area contributed by atoms with Gasteiger partial charge in [-0.25, -0.2) is 0 Å². The van der Waals surface area contributed by atoms with Gasteiger partial charge in [0.1, 0.15) is 22.7 Å². The minimum atomic E-state index is -1.08. The number of hydrogen-bond acceptors (Lipinski definition) is 7. The number of rotatable bonds is 7. The van der Waals surface area contributed by atoms with Gasteiger partial charge in [0, 0.05) is 29.8 Å². The van der Waals surface area contributed by atoms with Crippen molar-refractivity contribution in [1.29, 1.82) is 0 Å². The number of likely N-dealkylation sites (tertiary alicyclic amines) is 1. The molecule has 5 rings (SSSR count). The van der Waals surface area contributed by atoms with Gasteiger partial charge in [-0.3, -0.25) is 14.4 Å². The number of ether oxygens (including phenoxy) is 2. The normalized spacial score (nSPS) is 16.6. The SMILES string of the molecule is COc1cc2c(cc1NC(=O)[C@H](C)OC(=O)[C@@H]1CC(=O)N(Cc3ccco3)C1)oc1ccccc12. The van der Waals surface area contributed by atoms with Gasteiger partial charge in [-0.05, 0) is 31.2 Å². The summed E-state index contributed by atoms with van der Waals surface area (Å²) in [5.74, 6) is -0.841. The van der Waals surface area contributed by atoms with Crippen LogP contribution in [0.5, 0.6) is 5.75 Å². The molecule has 0 bridgehead atoms. The smallest absolute Gasteiger partial charge is 0.312 e. The van der Waals surface area contributed by atoms with E-state index in [4.69, 9.17) is 18.3 Å². The number of furan rings is 2. The Morgan fingerprint density at radius 1 is 1.14 bits per heavy atom. The highest BCUT2D eigenvalue weighted by Crippen LogP contribution is 2.36. The summed E-state index contributed by atoms with van der Waals surface area (Å²) in [6.45, 7) is 1.98. The third-order valence-electron chi connectivity index (χ3n) is 6.09. The summed E-state index contributed by atoms with van der Waals surface area (Å²) in [5, 5.41) is 4.55. The van der Waals surface area contributed by atoms with Crippen molar-refractivity contribution >= 4 is 45.4 Å². The minimum absolute atomic E-state index is 0.0322. The van der Waals surface area contributed by atoms with E-state index in [9.17, 15) is 14.4 Å². The van der Waals surface area contributed by atoms with Crippen LogP contribution in [0.1, 0.15) is 19.1 Å². The second kappa shape index (κ2) is 9.17. The first-order valence-electron chi connectivity index (χ1n) is 11.2. The molecule has 0 saturated carbocycles. The van der Waals surface area contributed by atoms with E-state index < -0.39 is 23.9 Å². The highest BCUT2D eigenvalue weighted by Gasteiger charge is 2.37. The Morgan fingerprint density at radius 3 is 2.74 bits per heavy atom. The molecule has 0 unspecified atom stereocenters. The van der Waals surface area contributed by atoms with E-state index in [2.05, 4.69) is 5.32 Å². The van der Waals surface area contributed by atoms with E-state index in [1.54, 1.807) is 29.2 Å². The highest BCUT2D eigenvalue weighted by atomic mass is 16.5. The molecule has 3 heterocycles. The molecular weight excluding hydrogens is 452 g/mol. The maximum atomic E-state index is 12.8. The van der Waals surface area contributed by atoms with E-state index in [-0.39, 0.29) is 25.4 Å². The van der Waals surface area contributed by atoms with Crippen LogP contribution in [0.3, 0.4) is 0 Å². The van der Waals surface area contributed by atoms with E-state index in [1.165, 1.54) is 20.3 Å². The van der Waals surface area contributed by atoms with Gasteiger partial charge in [0.15, 0.2) is 6.10 Å². The van der Waals surface area contributed by atoms with Gasteiger partial charge in [0.05, 0.1) is 31.5 Å². The average molecular weight is 476 g/mol. The second-order valence-electron chi connectivity index (χ2n) is 8.47. The summed E-state index contributed by atoms with van der Waals surface area (Å²) < 4.78 is 22.0. The number of esters is 1. The molecule has 1 N–H and O–H groups in total. The number of hydrogen-bond donors (Lipinski definition) is 1. The first kappa shape index (κ1) is 22.5. The molecule has 2 aromatic heterocycles. The third kappa shape index (κ3) is 4.44. The fourth-order valence-corrected chi connectivity index (χ4v) is 4.25. The lowest BCUT2D eigenvalue weighted by molar-refractivity contribution is -0.157. The Labute approximate surface area is 200 Å². The van der Waals surface area contributed by atoms with Crippen molar-refractivity contribution in [1.82, 2.24) is 4.90 Å². The monoisotopic (exact) mass is 476 g/mol. The van der Waals surface area contributed by atoms with E-state index >= 15 is 0 Å². The molecule has 35 heavy (non-hydrogen) atoms. The lowest BCUT2D eigenvalue weighted by Crippen LogP contribution is -2.33. The van der Waals surface area contributed by atoms with Crippen molar-refractivity contribution in [3.8, 4) is 5.75 Å². The van der Waals surface area contributed by atoms with Gasteiger partial charge >= 0.3 is 5.97 Å². The summed E-state index contributed by atoms with van der Waals surface area (Å²) in [4.78, 5) is 39.3. The van der Waals surface area contributed by atoms with E-state index in [0.29, 0.717) is 22.8 Å². The Kier molecular flexibility index (Phi) is 5.90. The third-order valence-corrected chi connectivity index (χ3v) is 6.09. The summed E-state index contributed by atoms with van der Waals surface area (Å²) in [7, 11) is 1.51. The van der Waals surface area contributed by atoms with Gasteiger partial charge < -0.3 is 28.5 Å². The molecule has 1 aliphatic heterocycles. The van der Waals surface area contributed by atoms with Gasteiger partial charge in [0.25, 0.3) is 5.91 Å². The number of nitrogens with zero attached hydrogens (tertiary/aromatic N) is 1. The molecule has 0 radical (unpaired) electrons. The number of carbonyl (C=O) groups excluding carboxylic acids is 3. The molecule has 9 heteroatoms. The van der Waals surface area contributed by atoms with Gasteiger partial charge in [-0.2, -0.15) is 0 Å². The van der Waals surface area contributed by atoms with Crippen molar-refractivity contribution in [2.24, 2.45) is 5.92 Å². The number of methoxy groups -OCH3 is 1. The molecule has 2 amide bonds. The zero-order valence-electron chi connectivity index (χ0n) is 19.3. The summed E-state index contributed by atoms with van der Waals surface area (Å²) in [6.07, 6.45) is 0.487. The quantitative estimate of drug-likeness (QED) is 0.400. The molecule has 180 valence electrons. The molecule has 1 saturated heterocycles. The molecule has 0 spiro atoms. The average Bonchev–Trinajstić information content (AvgIpc) is 3.58. The molecule has 1 fully saturated rings. The van der Waals surface area contributed by atoms with Gasteiger partial charge in [-0.15, -0.1) is 0 Å². The van der Waals surface area contributed by atoms with E-state index in [1.807, 2.05) is 24.3 Å². The number of para-hydroxylation sites is 1. The van der Waals surface area contributed by atoms with Crippen molar-refractivity contribution in [3.63, 3.8) is 0 Å². The van der Waals surface area contributed by atoms with E-state index in [0.717, 1.165) is 16.4 Å². The maximum absolute atomic E-state index is 12.8. The van der Waals surface area contributed by atoms with Crippen LogP contribution < -0.4 is 10.1 Å². The number of fused-ring (bicyclic) bond motifs is 3. The Hall–Kier alpha value is -4.27. The second-order valence-corrected chi connectivity index (χ2v) is 8.47. The molecule has 2 aromatic carbocycles. The molecule has 2 atom stereocenters. The van der Waals surface area contributed by atoms with Crippen LogP contribution >= 0.6 is 0 Å². The Balaban J connectivity index is 1.25. The summed E-state index contributed by atoms with van der Waals surface area (Å²) in [6, 6.07) is 14.6. The minimum Gasteiger partial charge on any atom is -0.495 e. The Bertz CT molecular complexity index is 1410. The number of amides is 2. The molecule has 1 aliphatic rings.